The highest BCUT2D eigenvalue weighted by atomic mass is 16.5. The molecule has 9 heteroatoms. The van der Waals surface area contributed by atoms with E-state index in [2.05, 4.69) is 22.1 Å². The minimum absolute atomic E-state index is 0.0518. The fraction of sp³-hybridized carbons (Fsp3) is 0.250. The molecule has 0 spiro atoms. The number of pyridine rings is 3. The molecule has 4 heterocycles. The van der Waals surface area contributed by atoms with Crippen molar-refractivity contribution in [2.24, 2.45) is 5.92 Å². The van der Waals surface area contributed by atoms with Crippen LogP contribution in [0.4, 0.5) is 5.69 Å². The SMILES string of the molecule is COc1nc(-c2cc3ncccc3c(-c3ccn(C4(CC#N)CC(C#N)C4)n3)n2)ccc1N. The average Bonchev–Trinajstić information content (AvgIpc) is 3.31. The smallest absolute Gasteiger partial charge is 0.237 e. The second-order valence-electron chi connectivity index (χ2n) is 8.16. The van der Waals surface area contributed by atoms with E-state index in [0.29, 0.717) is 53.6 Å². The Balaban J connectivity index is 1.62. The number of methoxy groups -OCH3 is 1. The molecule has 0 bridgehead atoms. The van der Waals surface area contributed by atoms with Gasteiger partial charge in [0.15, 0.2) is 0 Å². The van der Waals surface area contributed by atoms with Crippen molar-refractivity contribution >= 4 is 16.6 Å². The molecule has 0 radical (unpaired) electrons. The molecule has 1 aliphatic rings. The number of hydrogen-bond acceptors (Lipinski definition) is 8. The molecule has 9 nitrogen and oxygen atoms in total. The van der Waals surface area contributed by atoms with Crippen molar-refractivity contribution in [3.05, 3.63) is 48.8 Å². The fourth-order valence-electron chi connectivity index (χ4n) is 4.38. The lowest BCUT2D eigenvalue weighted by atomic mass is 9.67. The van der Waals surface area contributed by atoms with Crippen LogP contribution in [-0.4, -0.2) is 31.8 Å². The van der Waals surface area contributed by atoms with E-state index in [1.165, 1.54) is 7.11 Å². The van der Waals surface area contributed by atoms with Crippen LogP contribution in [0, 0.1) is 28.6 Å². The molecule has 0 atom stereocenters. The topological polar surface area (TPSA) is 139 Å². The summed E-state index contributed by atoms with van der Waals surface area (Å²) in [6.07, 6.45) is 5.12. The minimum atomic E-state index is -0.453. The average molecular weight is 436 g/mol. The van der Waals surface area contributed by atoms with Gasteiger partial charge in [0, 0.05) is 17.8 Å². The van der Waals surface area contributed by atoms with Gasteiger partial charge in [-0.1, -0.05) is 0 Å². The van der Waals surface area contributed by atoms with Gasteiger partial charge < -0.3 is 10.5 Å². The van der Waals surface area contributed by atoms with Crippen LogP contribution in [0.15, 0.2) is 48.8 Å². The maximum atomic E-state index is 9.36. The van der Waals surface area contributed by atoms with Crippen LogP contribution >= 0.6 is 0 Å². The van der Waals surface area contributed by atoms with Crippen LogP contribution < -0.4 is 10.5 Å². The van der Waals surface area contributed by atoms with Gasteiger partial charge in [0.05, 0.1) is 59.7 Å². The van der Waals surface area contributed by atoms with Crippen LogP contribution in [-0.2, 0) is 5.54 Å². The Morgan fingerprint density at radius 2 is 2.00 bits per heavy atom. The third kappa shape index (κ3) is 3.40. The predicted octanol–water partition coefficient (Wildman–Crippen LogP) is 3.69. The second kappa shape index (κ2) is 7.88. The molecule has 1 saturated carbocycles. The summed E-state index contributed by atoms with van der Waals surface area (Å²) in [5, 5.41) is 24.2. The van der Waals surface area contributed by atoms with E-state index in [4.69, 9.17) is 20.6 Å². The molecule has 162 valence electrons. The maximum absolute atomic E-state index is 9.36. The lowest BCUT2D eigenvalue weighted by Crippen LogP contribution is -2.46. The summed E-state index contributed by atoms with van der Waals surface area (Å²) in [7, 11) is 1.52. The van der Waals surface area contributed by atoms with Crippen LogP contribution in [0.1, 0.15) is 19.3 Å². The summed E-state index contributed by atoms with van der Waals surface area (Å²) < 4.78 is 7.09. The van der Waals surface area contributed by atoms with Gasteiger partial charge in [-0.05, 0) is 49.2 Å². The number of aromatic nitrogens is 5. The van der Waals surface area contributed by atoms with Gasteiger partial charge in [-0.25, -0.2) is 9.97 Å². The van der Waals surface area contributed by atoms with Crippen molar-refractivity contribution in [2.75, 3.05) is 12.8 Å². The second-order valence-corrected chi connectivity index (χ2v) is 8.16. The van der Waals surface area contributed by atoms with Crippen molar-refractivity contribution in [1.82, 2.24) is 24.7 Å². The number of ether oxygens (including phenoxy) is 1. The highest BCUT2D eigenvalue weighted by molar-refractivity contribution is 5.93. The number of rotatable bonds is 5. The zero-order valence-electron chi connectivity index (χ0n) is 17.9. The summed E-state index contributed by atoms with van der Waals surface area (Å²) in [6.45, 7) is 0. The highest BCUT2D eigenvalue weighted by Gasteiger charge is 2.46. The Hall–Kier alpha value is -4.50. The summed E-state index contributed by atoms with van der Waals surface area (Å²) in [4.78, 5) is 13.9. The minimum Gasteiger partial charge on any atom is -0.480 e. The normalized spacial score (nSPS) is 19.4. The fourth-order valence-corrected chi connectivity index (χ4v) is 4.38. The van der Waals surface area contributed by atoms with Gasteiger partial charge in [-0.2, -0.15) is 15.6 Å². The summed E-state index contributed by atoms with van der Waals surface area (Å²) in [6, 6.07) is 15.6. The third-order valence-corrected chi connectivity index (χ3v) is 6.11. The van der Waals surface area contributed by atoms with E-state index < -0.39 is 5.54 Å². The van der Waals surface area contributed by atoms with Crippen molar-refractivity contribution in [3.8, 4) is 40.8 Å². The van der Waals surface area contributed by atoms with Crippen LogP contribution in [0.3, 0.4) is 0 Å². The number of nitriles is 2. The molecule has 0 saturated heterocycles. The first-order valence-corrected chi connectivity index (χ1v) is 10.5. The Kier molecular flexibility index (Phi) is 4.87. The summed E-state index contributed by atoms with van der Waals surface area (Å²) >= 11 is 0. The number of nitrogens with two attached hydrogens (primary N) is 1. The molecule has 1 aliphatic carbocycles. The van der Waals surface area contributed by atoms with Crippen molar-refractivity contribution < 1.29 is 4.74 Å². The van der Waals surface area contributed by atoms with Crippen molar-refractivity contribution in [2.45, 2.75) is 24.8 Å². The van der Waals surface area contributed by atoms with Crippen molar-refractivity contribution in [3.63, 3.8) is 0 Å². The molecule has 0 amide bonds. The Labute approximate surface area is 190 Å². The molecule has 0 unspecified atom stereocenters. The van der Waals surface area contributed by atoms with Gasteiger partial charge in [0.1, 0.15) is 11.4 Å². The van der Waals surface area contributed by atoms with Crippen molar-refractivity contribution in [1.29, 1.82) is 10.5 Å². The first-order chi connectivity index (χ1) is 16.1. The predicted molar refractivity (Wildman–Crippen MR) is 121 cm³/mol. The van der Waals surface area contributed by atoms with Gasteiger partial charge >= 0.3 is 0 Å². The number of anilines is 1. The lowest BCUT2D eigenvalue weighted by Gasteiger charge is -2.43. The molecule has 33 heavy (non-hydrogen) atoms. The maximum Gasteiger partial charge on any atom is 0.237 e. The molecular formula is C24H20N8O. The van der Waals surface area contributed by atoms with Gasteiger partial charge in [-0.15, -0.1) is 0 Å². The number of nitrogen functional groups attached to an aromatic ring is 1. The molecular weight excluding hydrogens is 416 g/mol. The molecule has 5 rings (SSSR count). The zero-order chi connectivity index (χ0) is 23.0. The van der Waals surface area contributed by atoms with Gasteiger partial charge in [0.25, 0.3) is 0 Å². The van der Waals surface area contributed by atoms with E-state index in [1.807, 2.05) is 35.1 Å². The standard InChI is InChI=1S/C24H20N8O/c1-33-23-17(27)4-5-18(30-23)21-11-20-16(3-2-9-28-20)22(29-21)19-6-10-32(31-19)24(7-8-25)12-15(13-24)14-26/h2-6,9-11,15H,7,12-13,27H2,1H3. The summed E-state index contributed by atoms with van der Waals surface area (Å²) in [5.74, 6) is 0.278. The number of nitrogens with zero attached hydrogens (tertiary/aromatic N) is 7. The molecule has 4 aromatic rings. The Morgan fingerprint density at radius 1 is 1.15 bits per heavy atom. The van der Waals surface area contributed by atoms with Crippen LogP contribution in [0.5, 0.6) is 5.88 Å². The zero-order valence-corrected chi connectivity index (χ0v) is 17.9. The molecule has 4 aromatic heterocycles. The Morgan fingerprint density at radius 3 is 2.76 bits per heavy atom. The number of hydrogen-bond donors (Lipinski definition) is 1. The van der Waals surface area contributed by atoms with Crippen LogP contribution in [0.25, 0.3) is 33.7 Å². The number of fused-ring (bicyclic) bond motifs is 1. The van der Waals surface area contributed by atoms with E-state index in [9.17, 15) is 10.5 Å². The van der Waals surface area contributed by atoms with E-state index in [0.717, 1.165) is 10.9 Å². The van der Waals surface area contributed by atoms with E-state index in [1.54, 1.807) is 18.3 Å². The van der Waals surface area contributed by atoms with E-state index >= 15 is 0 Å². The molecule has 1 fully saturated rings. The summed E-state index contributed by atoms with van der Waals surface area (Å²) in [5.41, 5.74) is 9.21. The van der Waals surface area contributed by atoms with Gasteiger partial charge in [0.2, 0.25) is 5.88 Å². The van der Waals surface area contributed by atoms with E-state index in [-0.39, 0.29) is 5.92 Å². The first kappa shape index (κ1) is 20.4. The molecule has 2 N–H and O–H groups in total. The molecule has 0 aliphatic heterocycles. The monoisotopic (exact) mass is 436 g/mol. The largest absolute Gasteiger partial charge is 0.480 e. The van der Waals surface area contributed by atoms with Crippen LogP contribution in [0.2, 0.25) is 0 Å². The Bertz CT molecular complexity index is 1440. The quantitative estimate of drug-likeness (QED) is 0.499. The van der Waals surface area contributed by atoms with Gasteiger partial charge in [-0.3, -0.25) is 9.67 Å². The highest BCUT2D eigenvalue weighted by Crippen LogP contribution is 2.46. The molecule has 0 aromatic carbocycles. The lowest BCUT2D eigenvalue weighted by molar-refractivity contribution is 0.0884. The third-order valence-electron chi connectivity index (χ3n) is 6.11. The first-order valence-electron chi connectivity index (χ1n) is 10.5.